The largest absolute Gasteiger partial charge is 0.508 e. The van der Waals surface area contributed by atoms with Crippen LogP contribution in [0.25, 0.3) is 0 Å². The van der Waals surface area contributed by atoms with E-state index in [4.69, 9.17) is 17.5 Å². The Labute approximate surface area is 187 Å². The van der Waals surface area contributed by atoms with Gasteiger partial charge in [0.2, 0.25) is 0 Å². The number of aromatic hydroxyl groups is 1. The minimum Gasteiger partial charge on any atom is -0.508 e. The van der Waals surface area contributed by atoms with Crippen molar-refractivity contribution in [1.82, 2.24) is 4.98 Å². The number of pyridine rings is 1. The monoisotopic (exact) mass is 460 g/mol. The number of benzene rings is 1. The van der Waals surface area contributed by atoms with Gasteiger partial charge in [-0.2, -0.15) is 18.4 Å². The molecule has 0 unspecified atom stereocenters. The number of hydrogen-bond donors (Lipinski definition) is 1. The number of anilines is 2. The van der Waals surface area contributed by atoms with Crippen LogP contribution in [0, 0.1) is 11.3 Å². The van der Waals surface area contributed by atoms with E-state index in [9.17, 15) is 23.1 Å². The fourth-order valence-corrected chi connectivity index (χ4v) is 4.59. The maximum atomic E-state index is 13.4. The molecule has 0 bridgehead atoms. The van der Waals surface area contributed by atoms with Crippen LogP contribution in [0.5, 0.6) is 5.75 Å². The highest BCUT2D eigenvalue weighted by Crippen LogP contribution is 2.44. The highest BCUT2D eigenvalue weighted by Gasteiger charge is 2.51. The molecule has 2 aromatic rings. The molecule has 32 heavy (non-hydrogen) atoms. The van der Waals surface area contributed by atoms with E-state index < -0.39 is 28.9 Å². The van der Waals surface area contributed by atoms with Gasteiger partial charge in [0, 0.05) is 5.69 Å². The molecule has 1 aliphatic heterocycles. The van der Waals surface area contributed by atoms with Crippen LogP contribution in [0.2, 0.25) is 0 Å². The summed E-state index contributed by atoms with van der Waals surface area (Å²) in [7, 11) is 0. The number of aromatic nitrogens is 1. The number of halogens is 3. The third kappa shape index (κ3) is 3.37. The summed E-state index contributed by atoms with van der Waals surface area (Å²) < 4.78 is 40.3. The van der Waals surface area contributed by atoms with Gasteiger partial charge in [-0.3, -0.25) is 9.69 Å². The zero-order valence-electron chi connectivity index (χ0n) is 17.3. The number of carbonyl (C=O) groups excluding carboxylic acids is 1. The van der Waals surface area contributed by atoms with Gasteiger partial charge in [0.15, 0.2) is 10.8 Å². The van der Waals surface area contributed by atoms with Crippen LogP contribution in [0.3, 0.4) is 0 Å². The normalized spacial score (nSPS) is 18.6. The molecule has 2 aliphatic rings. The summed E-state index contributed by atoms with van der Waals surface area (Å²) in [5, 5.41) is 19.3. The lowest BCUT2D eigenvalue weighted by Crippen LogP contribution is -2.44. The van der Waals surface area contributed by atoms with Crippen LogP contribution < -0.4 is 9.80 Å². The predicted octanol–water partition coefficient (Wildman–Crippen LogP) is 4.86. The molecule has 1 amide bonds. The van der Waals surface area contributed by atoms with Crippen LogP contribution in [-0.4, -0.2) is 26.6 Å². The lowest BCUT2D eigenvalue weighted by molar-refractivity contribution is -0.138. The summed E-state index contributed by atoms with van der Waals surface area (Å²) in [4.78, 5) is 19.4. The Balaban J connectivity index is 1.78. The Bertz CT molecular complexity index is 1170. The molecule has 1 aromatic heterocycles. The van der Waals surface area contributed by atoms with Crippen molar-refractivity contribution in [2.75, 3.05) is 9.80 Å². The van der Waals surface area contributed by atoms with Crippen molar-refractivity contribution in [2.24, 2.45) is 0 Å². The summed E-state index contributed by atoms with van der Waals surface area (Å²) in [6.07, 6.45) is -0.808. The number of carbonyl (C=O) groups is 1. The summed E-state index contributed by atoms with van der Waals surface area (Å²) in [6.45, 7) is 3.25. The van der Waals surface area contributed by atoms with E-state index >= 15 is 0 Å². The molecule has 1 N–H and O–H groups in total. The number of nitrogens with zero attached hydrogens (tertiary/aromatic N) is 4. The molecule has 1 aromatic carbocycles. The molecule has 2 fully saturated rings. The number of phenolic OH excluding ortho intramolecular Hbond substituents is 1. The molecule has 6 nitrogen and oxygen atoms in total. The van der Waals surface area contributed by atoms with Crippen molar-refractivity contribution in [1.29, 1.82) is 5.26 Å². The molecule has 4 rings (SSSR count). The Morgan fingerprint density at radius 1 is 1.25 bits per heavy atom. The molecule has 0 spiro atoms. The summed E-state index contributed by atoms with van der Waals surface area (Å²) >= 11 is 5.53. The fraction of sp³-hybridized carbons (Fsp3) is 0.364. The Kier molecular flexibility index (Phi) is 5.12. The van der Waals surface area contributed by atoms with E-state index in [0.29, 0.717) is 11.8 Å². The molecule has 0 atom stereocenters. The molecular weight excluding hydrogens is 441 g/mol. The summed E-state index contributed by atoms with van der Waals surface area (Å²) in [6, 6.07) is 7.09. The van der Waals surface area contributed by atoms with E-state index in [1.54, 1.807) is 36.9 Å². The van der Waals surface area contributed by atoms with E-state index in [1.165, 1.54) is 6.07 Å². The van der Waals surface area contributed by atoms with Gasteiger partial charge in [-0.15, -0.1) is 0 Å². The first-order valence-corrected chi connectivity index (χ1v) is 10.4. The van der Waals surface area contributed by atoms with Gasteiger partial charge in [-0.05, 0) is 74.7 Å². The molecule has 2 heterocycles. The lowest BCUT2D eigenvalue weighted by Gasteiger charge is -2.32. The molecule has 1 saturated carbocycles. The maximum absolute atomic E-state index is 13.4. The van der Waals surface area contributed by atoms with Crippen molar-refractivity contribution in [3.8, 4) is 11.8 Å². The Hall–Kier alpha value is -3.19. The molecule has 1 saturated heterocycles. The standard InChI is InChI=1S/C22H19F3N4O2S/c1-21(2)19(31)28(14-9-16(22(23,24)25)17(10-26)27-11-14)20(32)29(21)13-6-7-18(30)15(8-13)12-4-3-5-12/h6-9,11-12,30H,3-5H2,1-2H3. The summed E-state index contributed by atoms with van der Waals surface area (Å²) in [5.41, 5.74) is -2.05. The van der Waals surface area contributed by atoms with Crippen LogP contribution >= 0.6 is 12.2 Å². The first-order valence-electron chi connectivity index (χ1n) is 9.96. The average molecular weight is 460 g/mol. The second-order valence-corrected chi connectivity index (χ2v) is 8.75. The van der Waals surface area contributed by atoms with Gasteiger partial charge < -0.3 is 10.0 Å². The number of rotatable bonds is 3. The summed E-state index contributed by atoms with van der Waals surface area (Å²) in [5.74, 6) is -0.144. The van der Waals surface area contributed by atoms with Gasteiger partial charge in [0.25, 0.3) is 5.91 Å². The number of thiocarbonyl (C=S) groups is 1. The minimum atomic E-state index is -4.82. The molecule has 1 aliphatic carbocycles. The second-order valence-electron chi connectivity index (χ2n) is 8.39. The highest BCUT2D eigenvalue weighted by molar-refractivity contribution is 7.81. The van der Waals surface area contributed by atoms with Crippen LogP contribution in [0.15, 0.2) is 30.5 Å². The number of hydrogen-bond acceptors (Lipinski definition) is 5. The SMILES string of the molecule is CC1(C)C(=O)N(c2cnc(C#N)c(C(F)(F)F)c2)C(=S)N1c1ccc(O)c(C2CCC2)c1. The number of alkyl halides is 3. The van der Waals surface area contributed by atoms with E-state index in [2.05, 4.69) is 4.98 Å². The lowest BCUT2D eigenvalue weighted by atomic mass is 9.79. The third-order valence-corrected chi connectivity index (χ3v) is 6.39. The molecular formula is C22H19F3N4O2S. The van der Waals surface area contributed by atoms with Crippen molar-refractivity contribution in [3.05, 3.63) is 47.3 Å². The van der Waals surface area contributed by atoms with Crippen LogP contribution in [0.1, 0.15) is 55.8 Å². The zero-order chi connectivity index (χ0) is 23.4. The average Bonchev–Trinajstić information content (AvgIpc) is 2.85. The topological polar surface area (TPSA) is 80.5 Å². The van der Waals surface area contributed by atoms with Gasteiger partial charge >= 0.3 is 6.18 Å². The fourth-order valence-electron chi connectivity index (χ4n) is 4.06. The minimum absolute atomic E-state index is 0.00937. The van der Waals surface area contributed by atoms with Crippen molar-refractivity contribution < 1.29 is 23.1 Å². The number of nitriles is 1. The molecule has 166 valence electrons. The number of amides is 1. The smallest absolute Gasteiger partial charge is 0.419 e. The Morgan fingerprint density at radius 2 is 1.94 bits per heavy atom. The first-order chi connectivity index (χ1) is 15.0. The van der Waals surface area contributed by atoms with Gasteiger partial charge in [0.05, 0.1) is 17.4 Å². The van der Waals surface area contributed by atoms with Crippen molar-refractivity contribution in [2.45, 2.75) is 50.7 Å². The van der Waals surface area contributed by atoms with E-state index in [1.807, 2.05) is 0 Å². The second kappa shape index (κ2) is 7.45. The quantitative estimate of drug-likeness (QED) is 0.659. The molecule has 0 radical (unpaired) electrons. The van der Waals surface area contributed by atoms with Gasteiger partial charge in [-0.25, -0.2) is 4.98 Å². The van der Waals surface area contributed by atoms with E-state index in [-0.39, 0.29) is 22.5 Å². The third-order valence-electron chi connectivity index (χ3n) is 6.03. The van der Waals surface area contributed by atoms with Crippen molar-refractivity contribution >= 4 is 34.6 Å². The molecule has 10 heteroatoms. The van der Waals surface area contributed by atoms with Gasteiger partial charge in [0.1, 0.15) is 17.4 Å². The van der Waals surface area contributed by atoms with Crippen LogP contribution in [0.4, 0.5) is 24.5 Å². The highest BCUT2D eigenvalue weighted by atomic mass is 32.1. The first kappa shape index (κ1) is 22.0. The Morgan fingerprint density at radius 3 is 2.50 bits per heavy atom. The van der Waals surface area contributed by atoms with Crippen molar-refractivity contribution in [3.63, 3.8) is 0 Å². The van der Waals surface area contributed by atoms with Crippen LogP contribution in [-0.2, 0) is 11.0 Å². The van der Waals surface area contributed by atoms with E-state index in [0.717, 1.165) is 35.9 Å². The van der Waals surface area contributed by atoms with Gasteiger partial charge in [-0.1, -0.05) is 6.42 Å². The zero-order valence-corrected chi connectivity index (χ0v) is 18.1. The maximum Gasteiger partial charge on any atom is 0.419 e. The number of phenols is 1. The predicted molar refractivity (Wildman–Crippen MR) is 115 cm³/mol.